The van der Waals surface area contributed by atoms with Crippen LogP contribution in [0.5, 0.6) is 5.75 Å². The summed E-state index contributed by atoms with van der Waals surface area (Å²) in [5, 5.41) is 11.5. The summed E-state index contributed by atoms with van der Waals surface area (Å²) in [6.45, 7) is 4.95. The first kappa shape index (κ1) is 22.8. The van der Waals surface area contributed by atoms with E-state index in [0.29, 0.717) is 42.5 Å². The molecule has 0 bridgehead atoms. The van der Waals surface area contributed by atoms with E-state index in [-0.39, 0.29) is 11.3 Å². The lowest BCUT2D eigenvalue weighted by Gasteiger charge is -2.25. The minimum atomic E-state index is -0.714. The zero-order valence-electron chi connectivity index (χ0n) is 17.9. The lowest BCUT2D eigenvalue weighted by molar-refractivity contribution is -0.140. The van der Waals surface area contributed by atoms with Gasteiger partial charge in [-0.25, -0.2) is 0 Å². The number of carbonyl (C=O) groups excluding carboxylic acids is 2. The number of likely N-dealkylation sites (tertiary alicyclic amines) is 1. The summed E-state index contributed by atoms with van der Waals surface area (Å²) < 4.78 is 10.6. The van der Waals surface area contributed by atoms with Crippen LogP contribution in [0.1, 0.15) is 36.1 Å². The number of benzene rings is 2. The van der Waals surface area contributed by atoms with Gasteiger partial charge in [-0.3, -0.25) is 9.59 Å². The third-order valence-corrected chi connectivity index (χ3v) is 5.46. The molecule has 1 aliphatic rings. The molecule has 0 aromatic heterocycles. The Hall–Kier alpha value is -2.83. The van der Waals surface area contributed by atoms with Crippen LogP contribution in [0, 0.1) is 6.92 Å². The van der Waals surface area contributed by atoms with Gasteiger partial charge in [0.05, 0.1) is 23.2 Å². The van der Waals surface area contributed by atoms with E-state index in [9.17, 15) is 14.7 Å². The van der Waals surface area contributed by atoms with Crippen molar-refractivity contribution in [2.24, 2.45) is 0 Å². The quantitative estimate of drug-likeness (QED) is 0.281. The number of hydrogen-bond acceptors (Lipinski definition) is 5. The predicted octanol–water partition coefficient (Wildman–Crippen LogP) is 4.51. The number of Topliss-reactive ketones (excluding diaryl/α,β-unsaturated/α-hetero) is 1. The molecule has 7 heteroatoms. The Labute approximate surface area is 187 Å². The number of halogens is 1. The number of aryl methyl sites for hydroxylation is 1. The number of rotatable bonds is 8. The van der Waals surface area contributed by atoms with Gasteiger partial charge >= 0.3 is 0 Å². The van der Waals surface area contributed by atoms with Crippen molar-refractivity contribution in [3.8, 4) is 5.75 Å². The zero-order valence-corrected chi connectivity index (χ0v) is 18.6. The molecular weight excluding hydrogens is 418 g/mol. The van der Waals surface area contributed by atoms with Crippen molar-refractivity contribution in [1.82, 2.24) is 4.90 Å². The number of ether oxygens (including phenoxy) is 2. The molecular formula is C24H26ClNO5. The normalized spacial score (nSPS) is 17.9. The molecule has 1 fully saturated rings. The van der Waals surface area contributed by atoms with Crippen molar-refractivity contribution in [1.29, 1.82) is 0 Å². The number of hydrogen-bond donors (Lipinski definition) is 1. The lowest BCUT2D eigenvalue weighted by Crippen LogP contribution is -2.31. The van der Waals surface area contributed by atoms with Gasteiger partial charge in [0.2, 0.25) is 0 Å². The van der Waals surface area contributed by atoms with Crippen molar-refractivity contribution >= 4 is 29.1 Å². The maximum atomic E-state index is 13.0. The standard InChI is InChI=1S/C24H26ClNO5/c1-4-31-19-14-17(9-10-18(19)25)22(27)20-21(16-8-5-7-15(2)13-16)26(11-6-12-30-3)24(29)23(20)28/h5,7-10,13-14,21,27H,4,6,11-12H2,1-3H3/b22-20-. The van der Waals surface area contributed by atoms with E-state index in [4.69, 9.17) is 21.1 Å². The molecule has 0 radical (unpaired) electrons. The summed E-state index contributed by atoms with van der Waals surface area (Å²) in [5.41, 5.74) is 2.17. The van der Waals surface area contributed by atoms with E-state index in [1.165, 1.54) is 4.90 Å². The van der Waals surface area contributed by atoms with Crippen molar-refractivity contribution in [2.45, 2.75) is 26.3 Å². The van der Waals surface area contributed by atoms with Gasteiger partial charge in [0.15, 0.2) is 0 Å². The molecule has 1 saturated heterocycles. The van der Waals surface area contributed by atoms with Crippen LogP contribution in [0.25, 0.3) is 5.76 Å². The van der Waals surface area contributed by atoms with Crippen LogP contribution in [0.3, 0.4) is 0 Å². The van der Waals surface area contributed by atoms with Gasteiger partial charge in [-0.05, 0) is 44.0 Å². The smallest absolute Gasteiger partial charge is 0.295 e. The summed E-state index contributed by atoms with van der Waals surface area (Å²) in [4.78, 5) is 27.4. The number of aliphatic hydroxyl groups excluding tert-OH is 1. The van der Waals surface area contributed by atoms with Gasteiger partial charge in [-0.1, -0.05) is 41.4 Å². The highest BCUT2D eigenvalue weighted by Crippen LogP contribution is 2.40. The minimum Gasteiger partial charge on any atom is -0.507 e. The maximum absolute atomic E-state index is 13.0. The Morgan fingerprint density at radius 3 is 2.65 bits per heavy atom. The second-order valence-corrected chi connectivity index (χ2v) is 7.74. The summed E-state index contributed by atoms with van der Waals surface area (Å²) in [6, 6.07) is 11.7. The lowest BCUT2D eigenvalue weighted by atomic mass is 9.94. The third-order valence-electron chi connectivity index (χ3n) is 5.15. The first-order valence-electron chi connectivity index (χ1n) is 10.2. The Morgan fingerprint density at radius 1 is 1.19 bits per heavy atom. The Kier molecular flexibility index (Phi) is 7.36. The molecule has 1 N–H and O–H groups in total. The predicted molar refractivity (Wildman–Crippen MR) is 119 cm³/mol. The van der Waals surface area contributed by atoms with E-state index in [2.05, 4.69) is 0 Å². The monoisotopic (exact) mass is 443 g/mol. The Morgan fingerprint density at radius 2 is 1.97 bits per heavy atom. The van der Waals surface area contributed by atoms with Gasteiger partial charge in [0.1, 0.15) is 11.5 Å². The number of ketones is 1. The fourth-order valence-corrected chi connectivity index (χ4v) is 3.92. The molecule has 3 rings (SSSR count). The second-order valence-electron chi connectivity index (χ2n) is 7.33. The summed E-state index contributed by atoms with van der Waals surface area (Å²) in [5.74, 6) is -1.20. The highest BCUT2D eigenvalue weighted by Gasteiger charge is 2.45. The van der Waals surface area contributed by atoms with Crippen molar-refractivity contribution in [2.75, 3.05) is 26.9 Å². The van der Waals surface area contributed by atoms with Crippen LogP contribution in [0.15, 0.2) is 48.0 Å². The van der Waals surface area contributed by atoms with Crippen LogP contribution in [0.4, 0.5) is 0 Å². The van der Waals surface area contributed by atoms with E-state index < -0.39 is 17.7 Å². The first-order chi connectivity index (χ1) is 14.9. The van der Waals surface area contributed by atoms with Crippen LogP contribution in [-0.2, 0) is 14.3 Å². The molecule has 1 atom stereocenters. The number of nitrogens with zero attached hydrogens (tertiary/aromatic N) is 1. The van der Waals surface area contributed by atoms with Crippen molar-refractivity contribution < 1.29 is 24.2 Å². The number of carbonyl (C=O) groups is 2. The van der Waals surface area contributed by atoms with Crippen LogP contribution in [0.2, 0.25) is 5.02 Å². The molecule has 2 aromatic carbocycles. The van der Waals surface area contributed by atoms with Gasteiger partial charge in [0.25, 0.3) is 11.7 Å². The fraction of sp³-hybridized carbons (Fsp3) is 0.333. The summed E-state index contributed by atoms with van der Waals surface area (Å²) in [6.07, 6.45) is 0.571. The van der Waals surface area contributed by atoms with Gasteiger partial charge in [0, 0.05) is 25.8 Å². The van der Waals surface area contributed by atoms with E-state index in [1.807, 2.05) is 38.1 Å². The molecule has 1 aliphatic heterocycles. The molecule has 0 spiro atoms. The third kappa shape index (κ3) is 4.75. The van der Waals surface area contributed by atoms with Crippen LogP contribution < -0.4 is 4.74 Å². The highest BCUT2D eigenvalue weighted by molar-refractivity contribution is 6.46. The molecule has 31 heavy (non-hydrogen) atoms. The molecule has 2 aromatic rings. The van der Waals surface area contributed by atoms with E-state index in [0.717, 1.165) is 11.1 Å². The molecule has 164 valence electrons. The topological polar surface area (TPSA) is 76.1 Å². The molecule has 0 saturated carbocycles. The number of aliphatic hydroxyl groups is 1. The highest BCUT2D eigenvalue weighted by atomic mass is 35.5. The average molecular weight is 444 g/mol. The molecule has 1 heterocycles. The first-order valence-corrected chi connectivity index (χ1v) is 10.5. The Bertz CT molecular complexity index is 1020. The van der Waals surface area contributed by atoms with Gasteiger partial charge in [-0.15, -0.1) is 0 Å². The zero-order chi connectivity index (χ0) is 22.5. The molecule has 1 amide bonds. The van der Waals surface area contributed by atoms with E-state index >= 15 is 0 Å². The summed E-state index contributed by atoms with van der Waals surface area (Å²) in [7, 11) is 1.59. The Balaban J connectivity index is 2.14. The number of amides is 1. The molecule has 0 aliphatic carbocycles. The fourth-order valence-electron chi connectivity index (χ4n) is 3.75. The second kappa shape index (κ2) is 9.98. The van der Waals surface area contributed by atoms with Gasteiger partial charge < -0.3 is 19.5 Å². The van der Waals surface area contributed by atoms with Crippen LogP contribution >= 0.6 is 11.6 Å². The minimum absolute atomic E-state index is 0.0535. The van der Waals surface area contributed by atoms with Crippen LogP contribution in [-0.4, -0.2) is 48.6 Å². The number of methoxy groups -OCH3 is 1. The van der Waals surface area contributed by atoms with Crippen molar-refractivity contribution in [3.05, 3.63) is 69.8 Å². The summed E-state index contributed by atoms with van der Waals surface area (Å²) >= 11 is 6.16. The van der Waals surface area contributed by atoms with Crippen molar-refractivity contribution in [3.63, 3.8) is 0 Å². The molecule has 1 unspecified atom stereocenters. The van der Waals surface area contributed by atoms with Gasteiger partial charge in [-0.2, -0.15) is 0 Å². The van der Waals surface area contributed by atoms with E-state index in [1.54, 1.807) is 25.3 Å². The average Bonchev–Trinajstić information content (AvgIpc) is 3.00. The SMILES string of the molecule is CCOc1cc(/C(O)=C2/C(=O)C(=O)N(CCCOC)C2c2cccc(C)c2)ccc1Cl. The molecule has 6 nitrogen and oxygen atoms in total. The largest absolute Gasteiger partial charge is 0.507 e. The maximum Gasteiger partial charge on any atom is 0.295 e.